The number of halogens is 1. The fourth-order valence-electron chi connectivity index (χ4n) is 3.77. The summed E-state index contributed by atoms with van der Waals surface area (Å²) in [6.45, 7) is 2.62. The molecule has 3 heterocycles. The molecule has 164 valence electrons. The molecule has 1 saturated heterocycles. The Kier molecular flexibility index (Phi) is 5.50. The van der Waals surface area contributed by atoms with Crippen molar-refractivity contribution in [3.63, 3.8) is 0 Å². The van der Waals surface area contributed by atoms with E-state index in [-0.39, 0.29) is 18.1 Å². The number of nitrogens with zero attached hydrogens (tertiary/aromatic N) is 5. The summed E-state index contributed by atoms with van der Waals surface area (Å²) in [7, 11) is 0. The van der Waals surface area contributed by atoms with Crippen LogP contribution in [-0.4, -0.2) is 51.4 Å². The molecule has 0 unspecified atom stereocenters. The van der Waals surface area contributed by atoms with Crippen LogP contribution in [0.15, 0.2) is 53.3 Å². The van der Waals surface area contributed by atoms with Crippen molar-refractivity contribution in [2.24, 2.45) is 0 Å². The van der Waals surface area contributed by atoms with Gasteiger partial charge in [0.05, 0.1) is 24.2 Å². The number of benzene rings is 2. The molecule has 2 aromatic carbocycles. The van der Waals surface area contributed by atoms with Gasteiger partial charge in [-0.05, 0) is 29.8 Å². The van der Waals surface area contributed by atoms with E-state index in [2.05, 4.69) is 15.3 Å². The molecular formula is C22H21ClN6O3. The smallest absolute Gasteiger partial charge is 0.351 e. The van der Waals surface area contributed by atoms with Crippen LogP contribution in [0, 0.1) is 0 Å². The van der Waals surface area contributed by atoms with E-state index < -0.39 is 0 Å². The van der Waals surface area contributed by atoms with E-state index in [1.54, 1.807) is 12.1 Å². The maximum atomic E-state index is 13.2. The van der Waals surface area contributed by atoms with Crippen molar-refractivity contribution in [3.05, 3.63) is 69.6 Å². The highest BCUT2D eigenvalue weighted by Crippen LogP contribution is 2.23. The maximum absolute atomic E-state index is 13.2. The number of carbonyl (C=O) groups is 1. The Morgan fingerprint density at radius 3 is 2.62 bits per heavy atom. The highest BCUT2D eigenvalue weighted by atomic mass is 35.5. The lowest BCUT2D eigenvalue weighted by Crippen LogP contribution is -2.37. The summed E-state index contributed by atoms with van der Waals surface area (Å²) < 4.78 is 8.16. The van der Waals surface area contributed by atoms with Crippen molar-refractivity contribution in [3.8, 4) is 0 Å². The Morgan fingerprint density at radius 1 is 1.09 bits per heavy atom. The third-order valence-electron chi connectivity index (χ3n) is 5.40. The van der Waals surface area contributed by atoms with Gasteiger partial charge in [0.25, 0.3) is 0 Å². The predicted molar refractivity (Wildman–Crippen MR) is 121 cm³/mol. The highest BCUT2D eigenvalue weighted by Gasteiger charge is 2.22. The van der Waals surface area contributed by atoms with E-state index >= 15 is 0 Å². The Hall–Kier alpha value is -3.43. The van der Waals surface area contributed by atoms with Crippen molar-refractivity contribution in [2.75, 3.05) is 31.2 Å². The van der Waals surface area contributed by atoms with Gasteiger partial charge in [0.2, 0.25) is 11.6 Å². The molecule has 0 saturated carbocycles. The molecule has 0 bridgehead atoms. The summed E-state index contributed by atoms with van der Waals surface area (Å²) in [5.74, 6) is 0.306. The van der Waals surface area contributed by atoms with Crippen LogP contribution in [0.1, 0.15) is 5.56 Å². The zero-order valence-electron chi connectivity index (χ0n) is 17.2. The number of anilines is 1. The first-order chi connectivity index (χ1) is 15.6. The number of aromatic nitrogens is 4. The van der Waals surface area contributed by atoms with E-state index in [4.69, 9.17) is 21.3 Å². The number of morpholine rings is 1. The van der Waals surface area contributed by atoms with E-state index in [9.17, 15) is 9.59 Å². The van der Waals surface area contributed by atoms with E-state index in [0.29, 0.717) is 60.4 Å². The van der Waals surface area contributed by atoms with Crippen LogP contribution in [0.3, 0.4) is 0 Å². The molecule has 1 N–H and O–H groups in total. The largest absolute Gasteiger partial charge is 0.378 e. The zero-order chi connectivity index (χ0) is 22.1. The number of fused-ring (bicyclic) bond motifs is 3. The Labute approximate surface area is 188 Å². The lowest BCUT2D eigenvalue weighted by atomic mass is 10.2. The topological polar surface area (TPSA) is 93.8 Å². The van der Waals surface area contributed by atoms with Crippen LogP contribution in [0.2, 0.25) is 5.02 Å². The number of rotatable bonds is 5. The molecule has 32 heavy (non-hydrogen) atoms. The van der Waals surface area contributed by atoms with Gasteiger partial charge >= 0.3 is 5.69 Å². The molecule has 0 aliphatic carbocycles. The second-order valence-corrected chi connectivity index (χ2v) is 7.96. The first-order valence-corrected chi connectivity index (χ1v) is 10.7. The van der Waals surface area contributed by atoms with Crippen molar-refractivity contribution in [1.29, 1.82) is 0 Å². The number of hydrogen-bond acceptors (Lipinski definition) is 6. The number of nitrogens with one attached hydrogen (secondary N) is 1. The summed E-state index contributed by atoms with van der Waals surface area (Å²) in [4.78, 5) is 32.6. The zero-order valence-corrected chi connectivity index (χ0v) is 18.0. The van der Waals surface area contributed by atoms with Crippen LogP contribution in [0.5, 0.6) is 0 Å². The number of hydrogen-bond donors (Lipinski definition) is 1. The summed E-state index contributed by atoms with van der Waals surface area (Å²) in [6, 6.07) is 14.6. The SMILES string of the molecule is O=C(Cn1nc2c(N3CCOCC3)nc3ccccc3n2c1=O)NCc1ccc(Cl)cc1. The predicted octanol–water partition coefficient (Wildman–Crippen LogP) is 1.85. The van der Waals surface area contributed by atoms with Gasteiger partial charge in [-0.15, -0.1) is 5.10 Å². The number of carbonyl (C=O) groups excluding carboxylic acids is 1. The van der Waals surface area contributed by atoms with Gasteiger partial charge in [0.15, 0.2) is 5.82 Å². The van der Waals surface area contributed by atoms with E-state index in [1.807, 2.05) is 36.4 Å². The van der Waals surface area contributed by atoms with Gasteiger partial charge in [-0.25, -0.2) is 18.9 Å². The second-order valence-electron chi connectivity index (χ2n) is 7.53. The third kappa shape index (κ3) is 3.92. The van der Waals surface area contributed by atoms with Gasteiger partial charge in [-0.2, -0.15) is 0 Å². The fraction of sp³-hybridized carbons (Fsp3) is 0.273. The van der Waals surface area contributed by atoms with Gasteiger partial charge in [0, 0.05) is 24.7 Å². The minimum Gasteiger partial charge on any atom is -0.378 e. The third-order valence-corrected chi connectivity index (χ3v) is 5.65. The fourth-order valence-corrected chi connectivity index (χ4v) is 3.89. The van der Waals surface area contributed by atoms with Crippen molar-refractivity contribution in [1.82, 2.24) is 24.5 Å². The normalized spacial score (nSPS) is 14.2. The summed E-state index contributed by atoms with van der Waals surface area (Å²) in [5, 5.41) is 7.94. The molecular weight excluding hydrogens is 432 g/mol. The van der Waals surface area contributed by atoms with Gasteiger partial charge < -0.3 is 15.0 Å². The molecule has 2 aromatic heterocycles. The van der Waals surface area contributed by atoms with Gasteiger partial charge in [-0.3, -0.25) is 4.79 Å². The summed E-state index contributed by atoms with van der Waals surface area (Å²) >= 11 is 5.90. The monoisotopic (exact) mass is 452 g/mol. The number of amides is 1. The molecule has 0 radical (unpaired) electrons. The number of para-hydroxylation sites is 2. The first-order valence-electron chi connectivity index (χ1n) is 10.3. The van der Waals surface area contributed by atoms with E-state index in [0.717, 1.165) is 5.56 Å². The molecule has 0 spiro atoms. The summed E-state index contributed by atoms with van der Waals surface area (Å²) in [6.07, 6.45) is 0. The Morgan fingerprint density at radius 2 is 1.84 bits per heavy atom. The average molecular weight is 453 g/mol. The second kappa shape index (κ2) is 8.60. The van der Waals surface area contributed by atoms with E-state index in [1.165, 1.54) is 9.08 Å². The maximum Gasteiger partial charge on any atom is 0.351 e. The Balaban J connectivity index is 1.47. The van der Waals surface area contributed by atoms with Crippen molar-refractivity contribution >= 4 is 40.0 Å². The lowest BCUT2D eigenvalue weighted by Gasteiger charge is -2.27. The molecule has 1 amide bonds. The quantitative estimate of drug-likeness (QED) is 0.496. The number of ether oxygens (including phenoxy) is 1. The molecule has 1 aliphatic rings. The van der Waals surface area contributed by atoms with Gasteiger partial charge in [0.1, 0.15) is 6.54 Å². The van der Waals surface area contributed by atoms with Crippen molar-refractivity contribution < 1.29 is 9.53 Å². The van der Waals surface area contributed by atoms with Crippen LogP contribution < -0.4 is 15.9 Å². The Bertz CT molecular complexity index is 1340. The molecule has 4 aromatic rings. The molecule has 5 rings (SSSR count). The molecule has 1 aliphatic heterocycles. The first kappa shape index (κ1) is 20.5. The molecule has 1 fully saturated rings. The molecule has 9 nitrogen and oxygen atoms in total. The van der Waals surface area contributed by atoms with Crippen molar-refractivity contribution in [2.45, 2.75) is 13.1 Å². The van der Waals surface area contributed by atoms with Crippen LogP contribution >= 0.6 is 11.6 Å². The minimum absolute atomic E-state index is 0.190. The minimum atomic E-state index is -0.380. The van der Waals surface area contributed by atoms with Crippen LogP contribution in [-0.2, 0) is 22.6 Å². The summed E-state index contributed by atoms with van der Waals surface area (Å²) in [5.41, 5.74) is 2.30. The molecule has 0 atom stereocenters. The van der Waals surface area contributed by atoms with Gasteiger partial charge in [-0.1, -0.05) is 35.9 Å². The highest BCUT2D eigenvalue weighted by molar-refractivity contribution is 6.30. The average Bonchev–Trinajstić information content (AvgIpc) is 3.15. The van der Waals surface area contributed by atoms with Crippen LogP contribution in [0.4, 0.5) is 5.82 Å². The standard InChI is InChI=1S/C22H21ClN6O3/c23-16-7-5-15(6-8-16)13-24-19(30)14-28-22(31)29-18-4-2-1-3-17(18)25-20(21(29)26-28)27-9-11-32-12-10-27/h1-8H,9-14H2,(H,24,30). The van der Waals surface area contributed by atoms with Crippen LogP contribution in [0.25, 0.3) is 16.7 Å². The lowest BCUT2D eigenvalue weighted by molar-refractivity contribution is -0.122. The molecule has 10 heteroatoms.